The molecule has 0 aliphatic carbocycles. The standard InChI is InChI=1S/C16H22N2O3/c1-18-14(11-21-2)13(8-9-15(18)19)16(20)17-10-12-6-4-3-5-7-12/h3-7,13-14H,8-11H2,1-2H3,(H,17,20). The van der Waals surface area contributed by atoms with Gasteiger partial charge in [0.1, 0.15) is 0 Å². The second kappa shape index (κ2) is 7.22. The highest BCUT2D eigenvalue weighted by molar-refractivity contribution is 5.84. The molecule has 1 N–H and O–H groups in total. The summed E-state index contributed by atoms with van der Waals surface area (Å²) in [5.74, 6) is -0.152. The molecule has 1 aromatic carbocycles. The number of nitrogens with zero attached hydrogens (tertiary/aromatic N) is 1. The fraction of sp³-hybridized carbons (Fsp3) is 0.500. The summed E-state index contributed by atoms with van der Waals surface area (Å²) in [6, 6.07) is 9.60. The minimum absolute atomic E-state index is 0.0137. The number of hydrogen-bond acceptors (Lipinski definition) is 3. The predicted octanol–water partition coefficient (Wildman–Crippen LogP) is 1.19. The number of hydrogen-bond donors (Lipinski definition) is 1. The Morgan fingerprint density at radius 1 is 1.38 bits per heavy atom. The number of carbonyl (C=O) groups excluding carboxylic acids is 2. The largest absolute Gasteiger partial charge is 0.383 e. The third-order valence-electron chi connectivity index (χ3n) is 4.01. The van der Waals surface area contributed by atoms with Crippen LogP contribution in [0.5, 0.6) is 0 Å². The highest BCUT2D eigenvalue weighted by Gasteiger charge is 2.37. The van der Waals surface area contributed by atoms with Gasteiger partial charge in [-0.15, -0.1) is 0 Å². The highest BCUT2D eigenvalue weighted by Crippen LogP contribution is 2.24. The van der Waals surface area contributed by atoms with Crippen molar-refractivity contribution in [3.05, 3.63) is 35.9 Å². The number of nitrogens with one attached hydrogen (secondary N) is 1. The average molecular weight is 290 g/mol. The molecule has 5 nitrogen and oxygen atoms in total. The lowest BCUT2D eigenvalue weighted by Crippen LogP contribution is -2.53. The van der Waals surface area contributed by atoms with E-state index in [4.69, 9.17) is 4.74 Å². The van der Waals surface area contributed by atoms with Crippen LogP contribution in [0.2, 0.25) is 0 Å². The van der Waals surface area contributed by atoms with E-state index in [1.165, 1.54) is 0 Å². The topological polar surface area (TPSA) is 58.6 Å². The molecule has 2 amide bonds. The Bertz CT molecular complexity index is 490. The van der Waals surface area contributed by atoms with Crippen molar-refractivity contribution in [2.75, 3.05) is 20.8 Å². The maximum absolute atomic E-state index is 12.4. The van der Waals surface area contributed by atoms with Crippen LogP contribution >= 0.6 is 0 Å². The Kier molecular flexibility index (Phi) is 5.33. The quantitative estimate of drug-likeness (QED) is 0.886. The van der Waals surface area contributed by atoms with E-state index in [-0.39, 0.29) is 23.8 Å². The fourth-order valence-electron chi connectivity index (χ4n) is 2.72. The van der Waals surface area contributed by atoms with Gasteiger partial charge in [-0.3, -0.25) is 9.59 Å². The molecule has 2 rings (SSSR count). The first-order valence-corrected chi connectivity index (χ1v) is 7.19. The van der Waals surface area contributed by atoms with Crippen molar-refractivity contribution in [3.63, 3.8) is 0 Å². The summed E-state index contributed by atoms with van der Waals surface area (Å²) < 4.78 is 5.17. The number of amides is 2. The van der Waals surface area contributed by atoms with Gasteiger partial charge in [-0.2, -0.15) is 0 Å². The molecule has 114 valence electrons. The summed E-state index contributed by atoms with van der Waals surface area (Å²) in [7, 11) is 3.33. The minimum Gasteiger partial charge on any atom is -0.383 e. The Labute approximate surface area is 125 Å². The Hall–Kier alpha value is -1.88. The number of likely N-dealkylation sites (tertiary alicyclic amines) is 1. The number of rotatable bonds is 5. The predicted molar refractivity (Wildman–Crippen MR) is 79.4 cm³/mol. The molecule has 1 aliphatic rings. The van der Waals surface area contributed by atoms with Gasteiger partial charge in [-0.25, -0.2) is 0 Å². The molecule has 0 spiro atoms. The molecule has 0 aromatic heterocycles. The molecule has 1 fully saturated rings. The van der Waals surface area contributed by atoms with Crippen LogP contribution in [0, 0.1) is 5.92 Å². The maximum atomic E-state index is 12.4. The smallest absolute Gasteiger partial charge is 0.225 e. The SMILES string of the molecule is COCC1C(C(=O)NCc2ccccc2)CCC(=O)N1C. The molecule has 1 aliphatic heterocycles. The Balaban J connectivity index is 1.97. The number of carbonyl (C=O) groups is 2. The van der Waals surface area contributed by atoms with Crippen LogP contribution in [0.4, 0.5) is 0 Å². The van der Waals surface area contributed by atoms with Gasteiger partial charge >= 0.3 is 0 Å². The first-order valence-electron chi connectivity index (χ1n) is 7.19. The molecule has 0 bridgehead atoms. The molecule has 0 radical (unpaired) electrons. The lowest BCUT2D eigenvalue weighted by molar-refractivity contribution is -0.143. The molecular formula is C16H22N2O3. The van der Waals surface area contributed by atoms with Gasteiger partial charge in [-0.1, -0.05) is 30.3 Å². The van der Waals surface area contributed by atoms with Crippen LogP contribution in [0.3, 0.4) is 0 Å². The van der Waals surface area contributed by atoms with E-state index >= 15 is 0 Å². The zero-order chi connectivity index (χ0) is 15.2. The van der Waals surface area contributed by atoms with Crippen LogP contribution in [0.15, 0.2) is 30.3 Å². The molecule has 0 saturated carbocycles. The van der Waals surface area contributed by atoms with Crippen molar-refractivity contribution in [1.82, 2.24) is 10.2 Å². The van der Waals surface area contributed by atoms with E-state index < -0.39 is 0 Å². The van der Waals surface area contributed by atoms with Gasteiger partial charge in [-0.05, 0) is 12.0 Å². The van der Waals surface area contributed by atoms with E-state index in [0.29, 0.717) is 26.0 Å². The first-order chi connectivity index (χ1) is 10.1. The normalized spacial score (nSPS) is 22.2. The van der Waals surface area contributed by atoms with E-state index in [1.807, 2.05) is 30.3 Å². The molecule has 21 heavy (non-hydrogen) atoms. The van der Waals surface area contributed by atoms with Crippen LogP contribution in [-0.4, -0.2) is 43.5 Å². The number of benzene rings is 1. The number of methoxy groups -OCH3 is 1. The summed E-state index contributed by atoms with van der Waals surface area (Å²) in [5.41, 5.74) is 1.06. The summed E-state index contributed by atoms with van der Waals surface area (Å²) in [4.78, 5) is 25.8. The van der Waals surface area contributed by atoms with Gasteiger partial charge in [0.25, 0.3) is 0 Å². The van der Waals surface area contributed by atoms with Crippen molar-refractivity contribution in [1.29, 1.82) is 0 Å². The van der Waals surface area contributed by atoms with E-state index in [0.717, 1.165) is 5.56 Å². The molecule has 1 saturated heterocycles. The molecule has 1 heterocycles. The zero-order valence-corrected chi connectivity index (χ0v) is 12.5. The second-order valence-electron chi connectivity index (χ2n) is 5.38. The summed E-state index contributed by atoms with van der Waals surface area (Å²) in [5, 5.41) is 2.96. The van der Waals surface area contributed by atoms with Gasteiger partial charge in [0.15, 0.2) is 0 Å². The second-order valence-corrected chi connectivity index (χ2v) is 5.38. The Morgan fingerprint density at radius 2 is 2.10 bits per heavy atom. The Morgan fingerprint density at radius 3 is 2.76 bits per heavy atom. The van der Waals surface area contributed by atoms with E-state index in [1.54, 1.807) is 19.1 Å². The van der Waals surface area contributed by atoms with Gasteiger partial charge in [0.05, 0.1) is 18.6 Å². The monoisotopic (exact) mass is 290 g/mol. The van der Waals surface area contributed by atoms with Gasteiger partial charge < -0.3 is 15.0 Å². The average Bonchev–Trinajstić information content (AvgIpc) is 2.51. The van der Waals surface area contributed by atoms with E-state index in [9.17, 15) is 9.59 Å². The maximum Gasteiger partial charge on any atom is 0.225 e. The molecule has 2 atom stereocenters. The minimum atomic E-state index is -0.212. The molecule has 5 heteroatoms. The summed E-state index contributed by atoms with van der Waals surface area (Å²) in [6.45, 7) is 0.888. The summed E-state index contributed by atoms with van der Waals surface area (Å²) >= 11 is 0. The van der Waals surface area contributed by atoms with Gasteiger partial charge in [0.2, 0.25) is 11.8 Å². The fourth-order valence-corrected chi connectivity index (χ4v) is 2.72. The number of likely N-dealkylation sites (N-methyl/N-ethyl adjacent to an activating group) is 1. The highest BCUT2D eigenvalue weighted by atomic mass is 16.5. The lowest BCUT2D eigenvalue weighted by Gasteiger charge is -2.37. The zero-order valence-electron chi connectivity index (χ0n) is 12.5. The molecular weight excluding hydrogens is 268 g/mol. The summed E-state index contributed by atoms with van der Waals surface area (Å²) in [6.07, 6.45) is 0.998. The van der Waals surface area contributed by atoms with Crippen molar-refractivity contribution >= 4 is 11.8 Å². The number of ether oxygens (including phenoxy) is 1. The van der Waals surface area contributed by atoms with Crippen molar-refractivity contribution in [3.8, 4) is 0 Å². The number of piperidine rings is 1. The molecule has 2 unspecified atom stereocenters. The molecule has 1 aromatic rings. The van der Waals surface area contributed by atoms with Crippen molar-refractivity contribution in [2.24, 2.45) is 5.92 Å². The van der Waals surface area contributed by atoms with Crippen LogP contribution in [-0.2, 0) is 20.9 Å². The van der Waals surface area contributed by atoms with Crippen LogP contribution < -0.4 is 5.32 Å². The van der Waals surface area contributed by atoms with Gasteiger partial charge in [0, 0.05) is 27.1 Å². The lowest BCUT2D eigenvalue weighted by atomic mass is 9.88. The third kappa shape index (κ3) is 3.82. The van der Waals surface area contributed by atoms with Crippen molar-refractivity contribution < 1.29 is 14.3 Å². The first kappa shape index (κ1) is 15.5. The van der Waals surface area contributed by atoms with E-state index in [2.05, 4.69) is 5.32 Å². The third-order valence-corrected chi connectivity index (χ3v) is 4.01. The van der Waals surface area contributed by atoms with Crippen LogP contribution in [0.25, 0.3) is 0 Å². The van der Waals surface area contributed by atoms with Crippen LogP contribution in [0.1, 0.15) is 18.4 Å². The van der Waals surface area contributed by atoms with Crippen molar-refractivity contribution in [2.45, 2.75) is 25.4 Å².